The second-order valence-electron chi connectivity index (χ2n) is 4.05. The van der Waals surface area contributed by atoms with Crippen LogP contribution in [0.2, 0.25) is 0 Å². The van der Waals surface area contributed by atoms with Crippen LogP contribution in [0.15, 0.2) is 28.7 Å². The van der Waals surface area contributed by atoms with E-state index in [-0.39, 0.29) is 11.9 Å². The summed E-state index contributed by atoms with van der Waals surface area (Å²) in [6.45, 7) is 3.93. The molecule has 2 N–H and O–H groups in total. The van der Waals surface area contributed by atoms with Crippen molar-refractivity contribution in [3.05, 3.63) is 55.4 Å². The molecule has 0 aliphatic carbocycles. The molecule has 0 radical (unpaired) electrons. The van der Waals surface area contributed by atoms with Crippen LogP contribution in [0.4, 0.5) is 4.39 Å². The predicted molar refractivity (Wildman–Crippen MR) is 73.9 cm³/mol. The summed E-state index contributed by atoms with van der Waals surface area (Å²) in [6.07, 6.45) is 0. The number of halogens is 2. The lowest BCUT2D eigenvalue weighted by atomic mass is 10.0. The Hall–Kier alpha value is -0.710. The first-order chi connectivity index (χ1) is 7.99. The maximum absolute atomic E-state index is 13.0. The van der Waals surface area contributed by atoms with Crippen molar-refractivity contribution in [2.24, 2.45) is 5.73 Å². The molecule has 17 heavy (non-hydrogen) atoms. The minimum atomic E-state index is -0.222. The quantitative estimate of drug-likeness (QED) is 0.878. The van der Waals surface area contributed by atoms with Gasteiger partial charge in [0.25, 0.3) is 0 Å². The fourth-order valence-electron chi connectivity index (χ4n) is 1.84. The van der Waals surface area contributed by atoms with Gasteiger partial charge in [-0.3, -0.25) is 0 Å². The molecule has 1 heterocycles. The first-order valence-electron chi connectivity index (χ1n) is 5.26. The standard InChI is InChI=1S/C13H13BrFNS/c1-7-5-9(15)3-4-10(7)12(16)13-11(14)6-8(2)17-13/h3-6,12H,16H2,1-2H3. The molecule has 0 saturated carbocycles. The Morgan fingerprint density at radius 3 is 2.53 bits per heavy atom. The smallest absolute Gasteiger partial charge is 0.123 e. The Kier molecular flexibility index (Phi) is 3.66. The van der Waals surface area contributed by atoms with E-state index in [2.05, 4.69) is 22.0 Å². The SMILES string of the molecule is Cc1cc(Br)c(C(N)c2ccc(F)cc2C)s1. The summed E-state index contributed by atoms with van der Waals surface area (Å²) in [4.78, 5) is 2.29. The van der Waals surface area contributed by atoms with Crippen LogP contribution in [-0.4, -0.2) is 0 Å². The minimum absolute atomic E-state index is 0.205. The molecule has 1 atom stereocenters. The van der Waals surface area contributed by atoms with Crippen LogP contribution >= 0.6 is 27.3 Å². The zero-order valence-corrected chi connectivity index (χ0v) is 12.0. The monoisotopic (exact) mass is 313 g/mol. The van der Waals surface area contributed by atoms with E-state index in [4.69, 9.17) is 5.73 Å². The van der Waals surface area contributed by atoms with Gasteiger partial charge in [-0.2, -0.15) is 0 Å². The third-order valence-corrected chi connectivity index (χ3v) is 4.74. The van der Waals surface area contributed by atoms with Crippen molar-refractivity contribution in [3.63, 3.8) is 0 Å². The number of hydrogen-bond donors (Lipinski definition) is 1. The van der Waals surface area contributed by atoms with Crippen LogP contribution in [0.3, 0.4) is 0 Å². The molecule has 0 aliphatic heterocycles. The van der Waals surface area contributed by atoms with Crippen molar-refractivity contribution in [2.45, 2.75) is 19.9 Å². The van der Waals surface area contributed by atoms with E-state index in [1.165, 1.54) is 17.0 Å². The van der Waals surface area contributed by atoms with Crippen molar-refractivity contribution in [1.29, 1.82) is 0 Å². The van der Waals surface area contributed by atoms with Crippen LogP contribution in [-0.2, 0) is 0 Å². The van der Waals surface area contributed by atoms with Crippen LogP contribution in [0.5, 0.6) is 0 Å². The Balaban J connectivity index is 2.43. The fourth-order valence-corrected chi connectivity index (χ4v) is 3.76. The molecule has 0 spiro atoms. The molecule has 0 bridgehead atoms. The second kappa shape index (κ2) is 4.88. The van der Waals surface area contributed by atoms with E-state index < -0.39 is 0 Å². The molecule has 1 nitrogen and oxygen atoms in total. The van der Waals surface area contributed by atoms with Gasteiger partial charge in [-0.25, -0.2) is 4.39 Å². The van der Waals surface area contributed by atoms with Gasteiger partial charge in [0.05, 0.1) is 6.04 Å². The summed E-state index contributed by atoms with van der Waals surface area (Å²) in [7, 11) is 0. The van der Waals surface area contributed by atoms with Gasteiger partial charge >= 0.3 is 0 Å². The Morgan fingerprint density at radius 2 is 2.00 bits per heavy atom. The number of rotatable bonds is 2. The van der Waals surface area contributed by atoms with Crippen molar-refractivity contribution in [2.75, 3.05) is 0 Å². The van der Waals surface area contributed by atoms with Crippen LogP contribution < -0.4 is 5.73 Å². The lowest BCUT2D eigenvalue weighted by molar-refractivity contribution is 0.625. The van der Waals surface area contributed by atoms with E-state index in [1.807, 2.05) is 13.8 Å². The number of hydrogen-bond acceptors (Lipinski definition) is 2. The first-order valence-corrected chi connectivity index (χ1v) is 6.87. The van der Waals surface area contributed by atoms with Gasteiger partial charge in [-0.05, 0) is 59.1 Å². The number of aryl methyl sites for hydroxylation is 2. The zero-order chi connectivity index (χ0) is 12.6. The van der Waals surface area contributed by atoms with Gasteiger partial charge in [0.2, 0.25) is 0 Å². The third kappa shape index (κ3) is 2.59. The largest absolute Gasteiger partial charge is 0.320 e. The Bertz CT molecular complexity index is 550. The zero-order valence-electron chi connectivity index (χ0n) is 9.63. The summed E-state index contributed by atoms with van der Waals surface area (Å²) >= 11 is 5.17. The highest BCUT2D eigenvalue weighted by molar-refractivity contribution is 9.10. The highest BCUT2D eigenvalue weighted by Gasteiger charge is 2.17. The van der Waals surface area contributed by atoms with Gasteiger partial charge in [-0.15, -0.1) is 11.3 Å². The van der Waals surface area contributed by atoms with Crippen molar-refractivity contribution < 1.29 is 4.39 Å². The molecule has 0 amide bonds. The Morgan fingerprint density at radius 1 is 1.29 bits per heavy atom. The maximum atomic E-state index is 13.0. The number of nitrogens with two attached hydrogens (primary N) is 1. The van der Waals surface area contributed by atoms with Crippen LogP contribution in [0, 0.1) is 19.7 Å². The number of thiophene rings is 1. The van der Waals surface area contributed by atoms with Gasteiger partial charge < -0.3 is 5.73 Å². The van der Waals surface area contributed by atoms with E-state index >= 15 is 0 Å². The summed E-state index contributed by atoms with van der Waals surface area (Å²) in [6, 6.07) is 6.58. The van der Waals surface area contributed by atoms with E-state index in [0.29, 0.717) is 0 Å². The summed E-state index contributed by atoms with van der Waals surface area (Å²) < 4.78 is 14.1. The molecule has 2 aromatic rings. The Labute approximate surface area is 113 Å². The summed E-state index contributed by atoms with van der Waals surface area (Å²) in [5.74, 6) is -0.222. The normalized spacial score (nSPS) is 12.8. The fraction of sp³-hybridized carbons (Fsp3) is 0.231. The molecule has 2 rings (SSSR count). The molecule has 4 heteroatoms. The van der Waals surface area contributed by atoms with Crippen molar-refractivity contribution >= 4 is 27.3 Å². The highest BCUT2D eigenvalue weighted by Crippen LogP contribution is 2.35. The molecule has 1 aromatic heterocycles. The topological polar surface area (TPSA) is 26.0 Å². The van der Waals surface area contributed by atoms with E-state index in [1.54, 1.807) is 17.4 Å². The molecule has 1 unspecified atom stereocenters. The maximum Gasteiger partial charge on any atom is 0.123 e. The summed E-state index contributed by atoms with van der Waals surface area (Å²) in [5, 5.41) is 0. The molecule has 0 fully saturated rings. The van der Waals surface area contributed by atoms with E-state index in [0.717, 1.165) is 20.5 Å². The van der Waals surface area contributed by atoms with Gasteiger partial charge in [0, 0.05) is 14.2 Å². The molecular weight excluding hydrogens is 301 g/mol. The third-order valence-electron chi connectivity index (χ3n) is 2.69. The summed E-state index contributed by atoms with van der Waals surface area (Å²) in [5.41, 5.74) is 8.09. The highest BCUT2D eigenvalue weighted by atomic mass is 79.9. The predicted octanol–water partition coefficient (Wildman–Crippen LogP) is 4.31. The number of benzene rings is 1. The average Bonchev–Trinajstić information content (AvgIpc) is 2.57. The van der Waals surface area contributed by atoms with Crippen molar-refractivity contribution in [3.8, 4) is 0 Å². The van der Waals surface area contributed by atoms with Gasteiger partial charge in [-0.1, -0.05) is 6.07 Å². The van der Waals surface area contributed by atoms with Crippen molar-refractivity contribution in [1.82, 2.24) is 0 Å². The molecule has 0 saturated heterocycles. The molecule has 0 aliphatic rings. The minimum Gasteiger partial charge on any atom is -0.320 e. The molecule has 90 valence electrons. The van der Waals surface area contributed by atoms with Gasteiger partial charge in [0.15, 0.2) is 0 Å². The molecule has 1 aromatic carbocycles. The second-order valence-corrected chi connectivity index (χ2v) is 6.19. The van der Waals surface area contributed by atoms with Crippen LogP contribution in [0.25, 0.3) is 0 Å². The lowest BCUT2D eigenvalue weighted by Gasteiger charge is -2.14. The average molecular weight is 314 g/mol. The van der Waals surface area contributed by atoms with Crippen LogP contribution in [0.1, 0.15) is 26.9 Å². The van der Waals surface area contributed by atoms with Gasteiger partial charge in [0.1, 0.15) is 5.82 Å². The molecular formula is C13H13BrFNS. The lowest BCUT2D eigenvalue weighted by Crippen LogP contribution is -2.12. The first kappa shape index (κ1) is 12.7. The van der Waals surface area contributed by atoms with E-state index in [9.17, 15) is 4.39 Å².